The summed E-state index contributed by atoms with van der Waals surface area (Å²) >= 11 is 7.37. The summed E-state index contributed by atoms with van der Waals surface area (Å²) in [7, 11) is 0. The summed E-state index contributed by atoms with van der Waals surface area (Å²) < 4.78 is 3.88. The number of hydrogen-bond acceptors (Lipinski definition) is 5. The number of aryl methyl sites for hydroxylation is 1. The Hall–Kier alpha value is -2.84. The number of thioether (sulfide) groups is 1. The number of rotatable bonds is 7. The van der Waals surface area contributed by atoms with Gasteiger partial charge in [-0.25, -0.2) is 4.98 Å². The molecule has 9 heteroatoms. The van der Waals surface area contributed by atoms with Crippen LogP contribution in [0.2, 0.25) is 5.02 Å². The van der Waals surface area contributed by atoms with E-state index in [1.165, 1.54) is 11.8 Å². The molecular formula is C21H21ClN6OS. The third kappa shape index (κ3) is 4.34. The highest BCUT2D eigenvalue weighted by Crippen LogP contribution is 2.26. The summed E-state index contributed by atoms with van der Waals surface area (Å²) in [5.74, 6) is 0.991. The Bertz CT molecular complexity index is 1200. The minimum Gasteiger partial charge on any atom is -0.350 e. The van der Waals surface area contributed by atoms with E-state index in [4.69, 9.17) is 11.6 Å². The molecule has 3 aromatic heterocycles. The molecule has 3 heterocycles. The van der Waals surface area contributed by atoms with Crippen molar-refractivity contribution in [1.29, 1.82) is 0 Å². The average molecular weight is 441 g/mol. The Labute approximate surface area is 183 Å². The monoisotopic (exact) mass is 440 g/mol. The van der Waals surface area contributed by atoms with Gasteiger partial charge >= 0.3 is 0 Å². The molecule has 154 valence electrons. The van der Waals surface area contributed by atoms with Crippen molar-refractivity contribution in [3.8, 4) is 11.4 Å². The van der Waals surface area contributed by atoms with Crippen LogP contribution in [0.5, 0.6) is 0 Å². The number of aromatic nitrogens is 5. The molecule has 7 nitrogen and oxygen atoms in total. The molecule has 0 radical (unpaired) electrons. The van der Waals surface area contributed by atoms with Crippen LogP contribution in [-0.2, 0) is 17.9 Å². The average Bonchev–Trinajstić information content (AvgIpc) is 3.33. The molecule has 0 bridgehead atoms. The van der Waals surface area contributed by atoms with Crippen LogP contribution in [0.1, 0.15) is 18.2 Å². The van der Waals surface area contributed by atoms with Gasteiger partial charge in [0.15, 0.2) is 11.0 Å². The SMILES string of the molecule is CCn1c(SCC(=O)NCc2cn3cc(Cl)ccc3n2)nnc1-c1ccccc1C. The molecule has 1 amide bonds. The lowest BCUT2D eigenvalue weighted by Gasteiger charge is -2.09. The Morgan fingerprint density at radius 2 is 2.00 bits per heavy atom. The normalized spacial score (nSPS) is 11.2. The zero-order valence-electron chi connectivity index (χ0n) is 16.7. The number of halogens is 1. The van der Waals surface area contributed by atoms with E-state index in [1.807, 2.05) is 46.4 Å². The van der Waals surface area contributed by atoms with E-state index in [9.17, 15) is 4.79 Å². The third-order valence-electron chi connectivity index (χ3n) is 4.68. The minimum absolute atomic E-state index is 0.0850. The zero-order valence-corrected chi connectivity index (χ0v) is 18.2. The van der Waals surface area contributed by atoms with E-state index < -0.39 is 0 Å². The highest BCUT2D eigenvalue weighted by Gasteiger charge is 2.16. The van der Waals surface area contributed by atoms with Crippen LogP contribution in [0, 0.1) is 6.92 Å². The lowest BCUT2D eigenvalue weighted by Crippen LogP contribution is -2.24. The number of hydrogen-bond donors (Lipinski definition) is 1. The lowest BCUT2D eigenvalue weighted by atomic mass is 10.1. The second-order valence-electron chi connectivity index (χ2n) is 6.78. The Kier molecular flexibility index (Phi) is 6.06. The van der Waals surface area contributed by atoms with Crippen LogP contribution in [0.3, 0.4) is 0 Å². The Morgan fingerprint density at radius 3 is 2.80 bits per heavy atom. The number of fused-ring (bicyclic) bond motifs is 1. The highest BCUT2D eigenvalue weighted by atomic mass is 35.5. The number of carbonyl (C=O) groups excluding carboxylic acids is 1. The number of nitrogens with zero attached hydrogens (tertiary/aromatic N) is 5. The van der Waals surface area contributed by atoms with Crippen molar-refractivity contribution in [2.75, 3.05) is 5.75 Å². The minimum atomic E-state index is -0.0850. The fourth-order valence-corrected chi connectivity index (χ4v) is 4.18. The molecule has 0 unspecified atom stereocenters. The summed E-state index contributed by atoms with van der Waals surface area (Å²) in [4.78, 5) is 16.8. The van der Waals surface area contributed by atoms with Gasteiger partial charge in [0.1, 0.15) is 5.65 Å². The fourth-order valence-electron chi connectivity index (χ4n) is 3.18. The van der Waals surface area contributed by atoms with Crippen molar-refractivity contribution in [2.24, 2.45) is 0 Å². The second-order valence-corrected chi connectivity index (χ2v) is 8.15. The quantitative estimate of drug-likeness (QED) is 0.440. The van der Waals surface area contributed by atoms with Crippen LogP contribution < -0.4 is 5.32 Å². The lowest BCUT2D eigenvalue weighted by molar-refractivity contribution is -0.118. The van der Waals surface area contributed by atoms with Crippen molar-refractivity contribution in [3.05, 3.63) is 65.1 Å². The van der Waals surface area contributed by atoms with Crippen molar-refractivity contribution in [1.82, 2.24) is 29.5 Å². The van der Waals surface area contributed by atoms with Gasteiger partial charge < -0.3 is 14.3 Å². The Balaban J connectivity index is 1.38. The smallest absolute Gasteiger partial charge is 0.230 e. The van der Waals surface area contributed by atoms with Crippen molar-refractivity contribution >= 4 is 34.9 Å². The fraction of sp³-hybridized carbons (Fsp3) is 0.238. The first kappa shape index (κ1) is 20.4. The summed E-state index contributed by atoms with van der Waals surface area (Å²) in [6, 6.07) is 11.7. The zero-order chi connectivity index (χ0) is 21.1. The molecular weight excluding hydrogens is 420 g/mol. The molecule has 1 N–H and O–H groups in total. The van der Waals surface area contributed by atoms with Gasteiger partial charge in [0.05, 0.1) is 23.0 Å². The van der Waals surface area contributed by atoms with Gasteiger partial charge in [-0.05, 0) is 31.5 Å². The molecule has 1 aromatic carbocycles. The molecule has 4 rings (SSSR count). The number of nitrogens with one attached hydrogen (secondary N) is 1. The van der Waals surface area contributed by atoms with Gasteiger partial charge in [-0.1, -0.05) is 47.6 Å². The number of pyridine rings is 1. The van der Waals surface area contributed by atoms with E-state index >= 15 is 0 Å². The van der Waals surface area contributed by atoms with Gasteiger partial charge in [-0.2, -0.15) is 0 Å². The van der Waals surface area contributed by atoms with E-state index in [1.54, 1.807) is 12.3 Å². The number of amides is 1. The molecule has 0 spiro atoms. The molecule has 0 saturated carbocycles. The van der Waals surface area contributed by atoms with Gasteiger partial charge in [0.25, 0.3) is 0 Å². The molecule has 0 atom stereocenters. The van der Waals surface area contributed by atoms with Crippen LogP contribution >= 0.6 is 23.4 Å². The molecule has 0 aliphatic heterocycles. The number of benzene rings is 1. The maximum atomic E-state index is 12.3. The highest BCUT2D eigenvalue weighted by molar-refractivity contribution is 7.99. The summed E-state index contributed by atoms with van der Waals surface area (Å²) in [5, 5.41) is 12.9. The summed E-state index contributed by atoms with van der Waals surface area (Å²) in [6.07, 6.45) is 3.64. The van der Waals surface area contributed by atoms with Gasteiger partial charge in [-0.15, -0.1) is 10.2 Å². The first-order chi connectivity index (χ1) is 14.5. The molecule has 0 aliphatic carbocycles. The first-order valence-electron chi connectivity index (χ1n) is 9.57. The molecule has 0 saturated heterocycles. The van der Waals surface area contributed by atoms with Crippen LogP contribution in [0.15, 0.2) is 53.9 Å². The van der Waals surface area contributed by atoms with Crippen LogP contribution in [-0.4, -0.2) is 35.8 Å². The largest absolute Gasteiger partial charge is 0.350 e. The van der Waals surface area contributed by atoms with E-state index in [0.29, 0.717) is 11.6 Å². The van der Waals surface area contributed by atoms with E-state index in [0.717, 1.165) is 40.0 Å². The summed E-state index contributed by atoms with van der Waals surface area (Å²) in [6.45, 7) is 5.18. The van der Waals surface area contributed by atoms with Gasteiger partial charge in [0, 0.05) is 24.5 Å². The van der Waals surface area contributed by atoms with Crippen LogP contribution in [0.4, 0.5) is 0 Å². The standard InChI is InChI=1S/C21H21ClN6OS/c1-3-28-20(17-7-5-4-6-14(17)2)25-26-21(28)30-13-19(29)23-10-16-12-27-11-15(22)8-9-18(27)24-16/h4-9,11-12H,3,10,13H2,1-2H3,(H,23,29). The first-order valence-corrected chi connectivity index (χ1v) is 10.9. The molecule has 30 heavy (non-hydrogen) atoms. The molecule has 4 aromatic rings. The molecule has 0 fully saturated rings. The number of imidazole rings is 1. The maximum Gasteiger partial charge on any atom is 0.230 e. The van der Waals surface area contributed by atoms with Crippen LogP contribution in [0.25, 0.3) is 17.0 Å². The third-order valence-corrected chi connectivity index (χ3v) is 5.87. The predicted molar refractivity (Wildman–Crippen MR) is 119 cm³/mol. The van der Waals surface area contributed by atoms with Gasteiger partial charge in [-0.3, -0.25) is 4.79 Å². The van der Waals surface area contributed by atoms with E-state index in [-0.39, 0.29) is 11.7 Å². The maximum absolute atomic E-state index is 12.3. The van der Waals surface area contributed by atoms with Crippen molar-refractivity contribution < 1.29 is 4.79 Å². The predicted octanol–water partition coefficient (Wildman–Crippen LogP) is 3.98. The van der Waals surface area contributed by atoms with E-state index in [2.05, 4.69) is 33.5 Å². The second kappa shape index (κ2) is 8.89. The molecule has 0 aliphatic rings. The topological polar surface area (TPSA) is 77.1 Å². The number of carbonyl (C=O) groups is 1. The van der Waals surface area contributed by atoms with Crippen molar-refractivity contribution in [3.63, 3.8) is 0 Å². The van der Waals surface area contributed by atoms with Crippen molar-refractivity contribution in [2.45, 2.75) is 32.1 Å². The van der Waals surface area contributed by atoms with Gasteiger partial charge in [0.2, 0.25) is 5.91 Å². The Morgan fingerprint density at radius 1 is 1.17 bits per heavy atom. The summed E-state index contributed by atoms with van der Waals surface area (Å²) in [5.41, 5.74) is 3.75.